The summed E-state index contributed by atoms with van der Waals surface area (Å²) >= 11 is 0. The fraction of sp³-hybridized carbons (Fsp3) is 0.545. The Hall–Kier alpha value is -2.88. The summed E-state index contributed by atoms with van der Waals surface area (Å²) in [6.45, 7) is 6.73. The Morgan fingerprint density at radius 1 is 1.45 bits per heavy atom. The molecule has 2 heterocycles. The lowest BCUT2D eigenvalue weighted by atomic mass is 9.56. The SMILES string of the molecule is C=C1CCC[C@]2(C)C[C@H]3OC(=O)/C(=C/c4cn(CCC#N)c(=O)[nH]c4=O)[C@H]3C[C@@H]12. The van der Waals surface area contributed by atoms with Crippen molar-refractivity contribution in [2.75, 3.05) is 0 Å². The van der Waals surface area contributed by atoms with Crippen LogP contribution in [0.25, 0.3) is 6.08 Å². The van der Waals surface area contributed by atoms with E-state index in [-0.39, 0.29) is 41.9 Å². The van der Waals surface area contributed by atoms with Crippen molar-refractivity contribution in [3.63, 3.8) is 0 Å². The van der Waals surface area contributed by atoms with E-state index in [9.17, 15) is 14.4 Å². The zero-order valence-electron chi connectivity index (χ0n) is 16.6. The lowest BCUT2D eigenvalue weighted by Gasteiger charge is -2.49. The maximum absolute atomic E-state index is 12.6. The van der Waals surface area contributed by atoms with Crippen LogP contribution in [0.4, 0.5) is 0 Å². The highest BCUT2D eigenvalue weighted by Crippen LogP contribution is 2.56. The van der Waals surface area contributed by atoms with Crippen LogP contribution in [0.15, 0.2) is 33.5 Å². The molecule has 0 radical (unpaired) electrons. The predicted octanol–water partition coefficient (Wildman–Crippen LogP) is 2.53. The van der Waals surface area contributed by atoms with Crippen molar-refractivity contribution in [3.05, 3.63) is 50.3 Å². The summed E-state index contributed by atoms with van der Waals surface area (Å²) in [5.41, 5.74) is 0.964. The predicted molar refractivity (Wildman–Crippen MR) is 107 cm³/mol. The van der Waals surface area contributed by atoms with E-state index < -0.39 is 11.2 Å². The maximum Gasteiger partial charge on any atom is 0.334 e. The molecule has 152 valence electrons. The van der Waals surface area contributed by atoms with Gasteiger partial charge in [0.25, 0.3) is 5.56 Å². The van der Waals surface area contributed by atoms with E-state index in [4.69, 9.17) is 10.00 Å². The molecule has 1 aliphatic heterocycles. The molecule has 1 aromatic rings. The van der Waals surface area contributed by atoms with Crippen molar-refractivity contribution in [3.8, 4) is 6.07 Å². The number of allylic oxidation sites excluding steroid dienone is 1. The summed E-state index contributed by atoms with van der Waals surface area (Å²) in [4.78, 5) is 39.1. The number of esters is 1. The Kier molecular flexibility index (Phi) is 4.81. The number of carbonyl (C=O) groups is 1. The molecule has 3 aliphatic rings. The highest BCUT2D eigenvalue weighted by molar-refractivity contribution is 5.96. The minimum atomic E-state index is -0.564. The number of nitrogens with zero attached hydrogens (tertiary/aromatic N) is 2. The van der Waals surface area contributed by atoms with Gasteiger partial charge in [0.15, 0.2) is 0 Å². The number of hydrogen-bond acceptors (Lipinski definition) is 5. The van der Waals surface area contributed by atoms with Gasteiger partial charge in [0.05, 0.1) is 18.1 Å². The number of fused-ring (bicyclic) bond motifs is 2. The van der Waals surface area contributed by atoms with Gasteiger partial charge in [-0.3, -0.25) is 14.3 Å². The highest BCUT2D eigenvalue weighted by Gasteiger charge is 2.53. The van der Waals surface area contributed by atoms with Crippen LogP contribution in [0, 0.1) is 28.6 Å². The quantitative estimate of drug-likeness (QED) is 0.481. The van der Waals surface area contributed by atoms with Crippen molar-refractivity contribution in [2.45, 2.75) is 58.1 Å². The molecule has 4 atom stereocenters. The number of aromatic amines is 1. The lowest BCUT2D eigenvalue weighted by molar-refractivity contribution is -0.142. The molecule has 0 spiro atoms. The van der Waals surface area contributed by atoms with Crippen molar-refractivity contribution in [1.29, 1.82) is 5.26 Å². The Morgan fingerprint density at radius 2 is 2.24 bits per heavy atom. The largest absolute Gasteiger partial charge is 0.458 e. The molecule has 4 rings (SSSR count). The van der Waals surface area contributed by atoms with Crippen LogP contribution in [0.1, 0.15) is 51.0 Å². The Morgan fingerprint density at radius 3 is 3.00 bits per heavy atom. The summed E-state index contributed by atoms with van der Waals surface area (Å²) in [7, 11) is 0. The smallest absolute Gasteiger partial charge is 0.334 e. The van der Waals surface area contributed by atoms with Gasteiger partial charge in [-0.2, -0.15) is 5.26 Å². The molecule has 1 aromatic heterocycles. The van der Waals surface area contributed by atoms with Gasteiger partial charge in [0, 0.05) is 24.2 Å². The summed E-state index contributed by atoms with van der Waals surface area (Å²) in [5.74, 6) is -0.116. The van der Waals surface area contributed by atoms with Crippen LogP contribution >= 0.6 is 0 Å². The number of nitrogens with one attached hydrogen (secondary N) is 1. The van der Waals surface area contributed by atoms with Crippen LogP contribution in [-0.4, -0.2) is 21.6 Å². The fourth-order valence-corrected chi connectivity index (χ4v) is 5.37. The lowest BCUT2D eigenvalue weighted by Crippen LogP contribution is -2.43. The molecule has 1 N–H and O–H groups in total. The minimum absolute atomic E-state index is 0.0747. The van der Waals surface area contributed by atoms with Crippen molar-refractivity contribution in [1.82, 2.24) is 9.55 Å². The van der Waals surface area contributed by atoms with Crippen molar-refractivity contribution < 1.29 is 9.53 Å². The number of rotatable bonds is 3. The summed E-state index contributed by atoms with van der Waals surface area (Å²) < 4.78 is 6.98. The second-order valence-corrected chi connectivity index (χ2v) is 8.75. The van der Waals surface area contributed by atoms with Crippen LogP contribution < -0.4 is 11.2 Å². The third-order valence-electron chi connectivity index (χ3n) is 6.89. The van der Waals surface area contributed by atoms with Gasteiger partial charge in [-0.15, -0.1) is 0 Å². The number of nitriles is 1. The molecule has 7 heteroatoms. The van der Waals surface area contributed by atoms with E-state index in [1.165, 1.54) is 16.3 Å². The zero-order chi connectivity index (χ0) is 20.8. The fourth-order valence-electron chi connectivity index (χ4n) is 5.37. The number of ether oxygens (including phenoxy) is 1. The second-order valence-electron chi connectivity index (χ2n) is 8.75. The third-order valence-corrected chi connectivity index (χ3v) is 6.89. The molecule has 1 saturated heterocycles. The van der Waals surface area contributed by atoms with Gasteiger partial charge in [-0.05, 0) is 49.5 Å². The molecule has 0 bridgehead atoms. The minimum Gasteiger partial charge on any atom is -0.458 e. The average molecular weight is 395 g/mol. The summed E-state index contributed by atoms with van der Waals surface area (Å²) in [5, 5.41) is 8.76. The third kappa shape index (κ3) is 3.37. The molecule has 2 saturated carbocycles. The topological polar surface area (TPSA) is 105 Å². The van der Waals surface area contributed by atoms with Gasteiger partial charge in [0.2, 0.25) is 0 Å². The van der Waals surface area contributed by atoms with Crippen LogP contribution in [0.5, 0.6) is 0 Å². The van der Waals surface area contributed by atoms with Gasteiger partial charge in [0.1, 0.15) is 6.10 Å². The molecular formula is C22H25N3O4. The van der Waals surface area contributed by atoms with E-state index in [2.05, 4.69) is 18.5 Å². The van der Waals surface area contributed by atoms with Gasteiger partial charge >= 0.3 is 11.7 Å². The first kappa shape index (κ1) is 19.4. The zero-order valence-corrected chi connectivity index (χ0v) is 16.6. The highest BCUT2D eigenvalue weighted by atomic mass is 16.6. The monoisotopic (exact) mass is 395 g/mol. The summed E-state index contributed by atoms with van der Waals surface area (Å²) in [6.07, 6.45) is 7.81. The van der Waals surface area contributed by atoms with Crippen molar-refractivity contribution >= 4 is 12.0 Å². The van der Waals surface area contributed by atoms with E-state index in [1.54, 1.807) is 6.08 Å². The number of H-pyrrole nitrogens is 1. The number of carbonyl (C=O) groups excluding carboxylic acids is 1. The average Bonchev–Trinajstić information content (AvgIpc) is 2.95. The normalized spacial score (nSPS) is 32.4. The van der Waals surface area contributed by atoms with Gasteiger partial charge < -0.3 is 4.74 Å². The first-order valence-corrected chi connectivity index (χ1v) is 10.1. The van der Waals surface area contributed by atoms with Gasteiger partial charge in [-0.1, -0.05) is 19.1 Å². The van der Waals surface area contributed by atoms with Gasteiger partial charge in [-0.25, -0.2) is 9.59 Å². The Balaban J connectivity index is 1.69. The van der Waals surface area contributed by atoms with E-state index in [1.807, 2.05) is 6.07 Å². The number of aryl methyl sites for hydroxylation is 1. The first-order valence-electron chi connectivity index (χ1n) is 10.1. The van der Waals surface area contributed by atoms with E-state index in [0.29, 0.717) is 11.5 Å². The molecular weight excluding hydrogens is 370 g/mol. The Bertz CT molecular complexity index is 1060. The molecule has 0 unspecified atom stereocenters. The van der Waals surface area contributed by atoms with E-state index >= 15 is 0 Å². The second kappa shape index (κ2) is 7.18. The molecule has 3 fully saturated rings. The molecule has 0 amide bonds. The van der Waals surface area contributed by atoms with E-state index in [0.717, 1.165) is 32.1 Å². The molecule has 0 aromatic carbocycles. The maximum atomic E-state index is 12.6. The number of aromatic nitrogens is 2. The Labute approximate surface area is 168 Å². The van der Waals surface area contributed by atoms with Crippen LogP contribution in [0.2, 0.25) is 0 Å². The summed E-state index contributed by atoms with van der Waals surface area (Å²) in [6, 6.07) is 1.98. The number of hydrogen-bond donors (Lipinski definition) is 1. The standard InChI is InChI=1S/C22H25N3O4/c1-13-5-3-6-22(2)11-18-15(10-17(13)22)16(20(27)29-18)9-14-12-25(8-4-7-23)21(28)24-19(14)26/h9,12,15,17-18H,1,3-6,8,10-11H2,2H3,(H,24,26,28)/b16-9+/t15-,17+,18-,22-/m1/s1. The molecule has 2 aliphatic carbocycles. The van der Waals surface area contributed by atoms with Crippen LogP contribution in [-0.2, 0) is 16.1 Å². The molecule has 7 nitrogen and oxygen atoms in total. The first-order chi connectivity index (χ1) is 13.8. The molecule has 29 heavy (non-hydrogen) atoms. The van der Waals surface area contributed by atoms with Crippen LogP contribution in [0.3, 0.4) is 0 Å². The van der Waals surface area contributed by atoms with Crippen molar-refractivity contribution in [2.24, 2.45) is 17.3 Å².